The number of H-pyrrole nitrogens is 1. The maximum absolute atomic E-state index is 13.2. The lowest BCUT2D eigenvalue weighted by atomic mass is 9.85. The van der Waals surface area contributed by atoms with Crippen LogP contribution >= 0.6 is 11.3 Å². The molecule has 0 bridgehead atoms. The second kappa shape index (κ2) is 8.70. The molecule has 4 amide bonds. The second-order valence-corrected chi connectivity index (χ2v) is 9.40. The number of aromatic nitrogens is 2. The fraction of sp³-hybridized carbons (Fsp3) is 0.409. The first-order valence-corrected chi connectivity index (χ1v) is 11.4. The summed E-state index contributed by atoms with van der Waals surface area (Å²) < 4.78 is 0. The Bertz CT molecular complexity index is 1080. The Morgan fingerprint density at radius 1 is 1.25 bits per heavy atom. The molecule has 1 aliphatic carbocycles. The van der Waals surface area contributed by atoms with E-state index in [4.69, 9.17) is 5.73 Å². The lowest BCUT2D eigenvalue weighted by molar-refractivity contribution is -0.147. The molecule has 0 spiro atoms. The molecule has 9 nitrogen and oxygen atoms in total. The summed E-state index contributed by atoms with van der Waals surface area (Å²) >= 11 is 1.22. The zero-order chi connectivity index (χ0) is 23.0. The summed E-state index contributed by atoms with van der Waals surface area (Å²) in [5.74, 6) is -2.20. The Morgan fingerprint density at radius 3 is 2.47 bits per heavy atom. The van der Waals surface area contributed by atoms with Gasteiger partial charge in [-0.1, -0.05) is 26.0 Å². The van der Waals surface area contributed by atoms with Gasteiger partial charge in [0, 0.05) is 17.1 Å². The topological polar surface area (TPSA) is 138 Å². The highest BCUT2D eigenvalue weighted by atomic mass is 32.1. The lowest BCUT2D eigenvalue weighted by Crippen LogP contribution is -2.48. The van der Waals surface area contributed by atoms with E-state index in [-0.39, 0.29) is 35.3 Å². The van der Waals surface area contributed by atoms with Crippen molar-refractivity contribution < 1.29 is 19.2 Å². The van der Waals surface area contributed by atoms with Gasteiger partial charge in [0.05, 0.1) is 17.5 Å². The van der Waals surface area contributed by atoms with Crippen molar-refractivity contribution in [2.45, 2.75) is 39.2 Å². The van der Waals surface area contributed by atoms with E-state index < -0.39 is 17.9 Å². The van der Waals surface area contributed by atoms with Gasteiger partial charge in [-0.25, -0.2) is 4.98 Å². The number of nitrogens with zero attached hydrogens (tertiary/aromatic N) is 2. The molecule has 1 aliphatic heterocycles. The number of nitrogens with one attached hydrogen (secondary N) is 2. The molecule has 0 unspecified atom stereocenters. The SMILES string of the molecule is CC(C)C[C@H](C(=O)Nc1nc(-c2c[nH]c(C(N)=O)c2)cs1)N1C(=O)[C@@H]2CC=CC[C@H]2C1=O. The van der Waals surface area contributed by atoms with Gasteiger partial charge in [0.2, 0.25) is 17.7 Å². The van der Waals surface area contributed by atoms with Crippen LogP contribution in [0.15, 0.2) is 29.8 Å². The van der Waals surface area contributed by atoms with Gasteiger partial charge >= 0.3 is 0 Å². The number of likely N-dealkylation sites (tertiary alicyclic amines) is 1. The minimum atomic E-state index is -0.887. The third-order valence-corrected chi connectivity index (χ3v) is 6.59. The molecule has 10 heteroatoms. The molecule has 1 saturated heterocycles. The van der Waals surface area contributed by atoms with E-state index in [0.29, 0.717) is 35.7 Å². The second-order valence-electron chi connectivity index (χ2n) is 8.54. The van der Waals surface area contributed by atoms with Crippen LogP contribution in [-0.4, -0.2) is 44.5 Å². The highest BCUT2D eigenvalue weighted by Crippen LogP contribution is 2.37. The fourth-order valence-electron chi connectivity index (χ4n) is 4.25. The van der Waals surface area contributed by atoms with Crippen LogP contribution in [0.2, 0.25) is 0 Å². The van der Waals surface area contributed by atoms with Crippen molar-refractivity contribution >= 4 is 40.1 Å². The number of hydrogen-bond acceptors (Lipinski definition) is 6. The van der Waals surface area contributed by atoms with Crippen molar-refractivity contribution in [2.24, 2.45) is 23.5 Å². The van der Waals surface area contributed by atoms with Crippen LogP contribution < -0.4 is 11.1 Å². The molecule has 1 fully saturated rings. The van der Waals surface area contributed by atoms with Crippen LogP contribution in [0.4, 0.5) is 5.13 Å². The zero-order valence-electron chi connectivity index (χ0n) is 17.8. The number of aromatic amines is 1. The Hall–Kier alpha value is -3.27. The molecule has 0 aromatic carbocycles. The van der Waals surface area contributed by atoms with Gasteiger partial charge in [-0.15, -0.1) is 11.3 Å². The maximum Gasteiger partial charge on any atom is 0.265 e. The van der Waals surface area contributed by atoms with Crippen molar-refractivity contribution in [3.8, 4) is 11.3 Å². The summed E-state index contributed by atoms with van der Waals surface area (Å²) in [6.07, 6.45) is 6.89. The smallest absolute Gasteiger partial charge is 0.265 e. The number of imide groups is 1. The lowest BCUT2D eigenvalue weighted by Gasteiger charge is -2.27. The molecule has 3 atom stereocenters. The fourth-order valence-corrected chi connectivity index (χ4v) is 4.97. The molecular formula is C22H25N5O4S. The molecule has 0 radical (unpaired) electrons. The van der Waals surface area contributed by atoms with Crippen molar-refractivity contribution in [3.63, 3.8) is 0 Å². The van der Waals surface area contributed by atoms with Gasteiger partial charge in [0.25, 0.3) is 5.91 Å². The van der Waals surface area contributed by atoms with Crippen molar-refractivity contribution in [3.05, 3.63) is 35.5 Å². The van der Waals surface area contributed by atoms with Crippen LogP contribution in [0.1, 0.15) is 43.6 Å². The van der Waals surface area contributed by atoms with Crippen molar-refractivity contribution in [1.82, 2.24) is 14.9 Å². The Morgan fingerprint density at radius 2 is 1.91 bits per heavy atom. The van der Waals surface area contributed by atoms with Gasteiger partial charge in [0.1, 0.15) is 11.7 Å². The number of allylic oxidation sites excluding steroid dienone is 2. The predicted molar refractivity (Wildman–Crippen MR) is 119 cm³/mol. The summed E-state index contributed by atoms with van der Waals surface area (Å²) in [7, 11) is 0. The molecule has 168 valence electrons. The third-order valence-electron chi connectivity index (χ3n) is 5.83. The number of anilines is 1. The summed E-state index contributed by atoms with van der Waals surface area (Å²) in [4.78, 5) is 58.9. The number of nitrogens with two attached hydrogens (primary N) is 1. The number of hydrogen-bond donors (Lipinski definition) is 3. The van der Waals surface area contributed by atoms with Crippen LogP contribution in [-0.2, 0) is 14.4 Å². The molecule has 4 rings (SSSR count). The molecule has 2 aromatic rings. The number of carbonyl (C=O) groups is 4. The number of fused-ring (bicyclic) bond motifs is 1. The van der Waals surface area contributed by atoms with Crippen molar-refractivity contribution in [2.75, 3.05) is 5.32 Å². The van der Waals surface area contributed by atoms with Gasteiger partial charge in [-0.2, -0.15) is 0 Å². The normalized spacial score (nSPS) is 21.2. The van der Waals surface area contributed by atoms with Crippen LogP contribution in [0.5, 0.6) is 0 Å². The van der Waals surface area contributed by atoms with E-state index in [2.05, 4.69) is 15.3 Å². The van der Waals surface area contributed by atoms with E-state index >= 15 is 0 Å². The number of amides is 4. The first-order chi connectivity index (χ1) is 15.3. The average molecular weight is 456 g/mol. The molecule has 0 saturated carbocycles. The highest BCUT2D eigenvalue weighted by Gasteiger charge is 2.51. The van der Waals surface area contributed by atoms with Crippen molar-refractivity contribution in [1.29, 1.82) is 0 Å². The van der Waals surface area contributed by atoms with Crippen LogP contribution in [0.3, 0.4) is 0 Å². The van der Waals surface area contributed by atoms with E-state index in [0.717, 1.165) is 0 Å². The standard InChI is InChI=1S/C22H25N5O4S/c1-11(2)7-17(27-20(30)13-5-3-4-6-14(13)21(27)31)19(29)26-22-25-16(10-32-22)12-8-15(18(23)28)24-9-12/h3-4,8-11,13-14,17,24H,5-7H2,1-2H3,(H2,23,28)(H,25,26,29)/t13-,14-,17-/m1/s1. The maximum atomic E-state index is 13.2. The number of thiazole rings is 1. The summed E-state index contributed by atoms with van der Waals surface area (Å²) in [6, 6.07) is 0.698. The number of primary amides is 1. The summed E-state index contributed by atoms with van der Waals surface area (Å²) in [5.41, 5.74) is 6.76. The average Bonchev–Trinajstić information content (AvgIpc) is 3.46. The van der Waals surface area contributed by atoms with Gasteiger partial charge < -0.3 is 16.0 Å². The number of rotatable bonds is 7. The van der Waals surface area contributed by atoms with E-state index in [1.807, 2.05) is 26.0 Å². The van der Waals surface area contributed by atoms with E-state index in [9.17, 15) is 19.2 Å². The van der Waals surface area contributed by atoms with Gasteiger partial charge in [0.15, 0.2) is 5.13 Å². The minimum absolute atomic E-state index is 0.103. The van der Waals surface area contributed by atoms with Crippen LogP contribution in [0, 0.1) is 17.8 Å². The molecule has 4 N–H and O–H groups in total. The predicted octanol–water partition coefficient (Wildman–Crippen LogP) is 2.54. The van der Waals surface area contributed by atoms with Crippen LogP contribution in [0.25, 0.3) is 11.3 Å². The highest BCUT2D eigenvalue weighted by molar-refractivity contribution is 7.14. The largest absolute Gasteiger partial charge is 0.364 e. The first kappa shape index (κ1) is 21.9. The molecular weight excluding hydrogens is 430 g/mol. The number of carbonyl (C=O) groups excluding carboxylic acids is 4. The van der Waals surface area contributed by atoms with Gasteiger partial charge in [-0.05, 0) is 31.2 Å². The van der Waals surface area contributed by atoms with Gasteiger partial charge in [-0.3, -0.25) is 24.1 Å². The van der Waals surface area contributed by atoms with E-state index in [1.54, 1.807) is 17.6 Å². The molecule has 2 aromatic heterocycles. The molecule has 32 heavy (non-hydrogen) atoms. The zero-order valence-corrected chi connectivity index (χ0v) is 18.6. The summed E-state index contributed by atoms with van der Waals surface area (Å²) in [6.45, 7) is 3.90. The molecule has 2 aliphatic rings. The van der Waals surface area contributed by atoms with E-state index in [1.165, 1.54) is 16.2 Å². The first-order valence-electron chi connectivity index (χ1n) is 10.5. The monoisotopic (exact) mass is 455 g/mol. The Balaban J connectivity index is 1.53. The Kier molecular flexibility index (Phi) is 5.96. The summed E-state index contributed by atoms with van der Waals surface area (Å²) in [5, 5.41) is 4.86. The minimum Gasteiger partial charge on any atom is -0.364 e. The Labute approximate surface area is 189 Å². The quantitative estimate of drug-likeness (QED) is 0.435. The molecule has 3 heterocycles. The third kappa shape index (κ3) is 4.10.